The maximum Gasteiger partial charge on any atom is 0.410 e. The zero-order chi connectivity index (χ0) is 28.8. The third-order valence-electron chi connectivity index (χ3n) is 9.06. The van der Waals surface area contributed by atoms with Gasteiger partial charge in [-0.3, -0.25) is 9.89 Å². The van der Waals surface area contributed by atoms with Crippen LogP contribution in [0.1, 0.15) is 94.1 Å². The van der Waals surface area contributed by atoms with Gasteiger partial charge in [0.1, 0.15) is 11.4 Å². The summed E-state index contributed by atoms with van der Waals surface area (Å²) in [5, 5.41) is 0. The molecule has 7 nitrogen and oxygen atoms in total. The number of nitrogens with one attached hydrogen (secondary N) is 1. The first kappa shape index (κ1) is 27.1. The van der Waals surface area contributed by atoms with Crippen molar-refractivity contribution in [1.29, 1.82) is 0 Å². The van der Waals surface area contributed by atoms with Crippen LogP contribution < -0.4 is 0 Å². The third-order valence-corrected chi connectivity index (χ3v) is 9.06. The molecule has 0 bridgehead atoms. The van der Waals surface area contributed by atoms with E-state index in [4.69, 9.17) is 19.5 Å². The lowest BCUT2D eigenvalue weighted by Crippen LogP contribution is -2.43. The van der Waals surface area contributed by atoms with E-state index in [1.165, 1.54) is 53.5 Å². The molecule has 4 heterocycles. The van der Waals surface area contributed by atoms with Crippen molar-refractivity contribution < 1.29 is 14.3 Å². The van der Waals surface area contributed by atoms with E-state index in [9.17, 15) is 4.79 Å². The van der Waals surface area contributed by atoms with Crippen LogP contribution in [0.2, 0.25) is 0 Å². The molecule has 0 spiro atoms. The Morgan fingerprint density at radius 1 is 0.976 bits per heavy atom. The van der Waals surface area contributed by atoms with Gasteiger partial charge < -0.3 is 14.5 Å². The third kappa shape index (κ3) is 5.31. The lowest BCUT2D eigenvalue weighted by molar-refractivity contribution is 0.0265. The summed E-state index contributed by atoms with van der Waals surface area (Å²) < 4.78 is 11.9. The lowest BCUT2D eigenvalue weighted by atomic mass is 9.91. The molecule has 3 aliphatic heterocycles. The van der Waals surface area contributed by atoms with Gasteiger partial charge in [-0.2, -0.15) is 0 Å². The molecular formula is C35H40N4O3. The number of allylic oxidation sites excluding steroid dienone is 1. The van der Waals surface area contributed by atoms with Gasteiger partial charge in [-0.05, 0) is 97.5 Å². The van der Waals surface area contributed by atoms with E-state index < -0.39 is 5.60 Å². The highest BCUT2D eigenvalue weighted by molar-refractivity contribution is 6.03. The Hall–Kier alpha value is -3.71. The molecule has 7 heteroatoms. The molecule has 1 saturated carbocycles. The van der Waals surface area contributed by atoms with Crippen molar-refractivity contribution in [3.63, 3.8) is 0 Å². The highest BCUT2D eigenvalue weighted by atomic mass is 16.6. The smallest absolute Gasteiger partial charge is 0.410 e. The van der Waals surface area contributed by atoms with Crippen LogP contribution in [0.4, 0.5) is 4.79 Å². The summed E-state index contributed by atoms with van der Waals surface area (Å²) in [5.74, 6) is 1.70. The quantitative estimate of drug-likeness (QED) is 0.348. The minimum absolute atomic E-state index is 0.00273. The fourth-order valence-electron chi connectivity index (χ4n) is 6.96. The second kappa shape index (κ2) is 10.8. The van der Waals surface area contributed by atoms with Crippen LogP contribution in [0.25, 0.3) is 28.0 Å². The van der Waals surface area contributed by atoms with Gasteiger partial charge in [0.2, 0.25) is 0 Å². The number of nitrogens with zero attached hydrogens (tertiary/aromatic N) is 3. The SMILES string of the molecule is CC(C)(C)OC(=O)N1CCC[C@H]1C1=NC=C(c2ccc3c(c2)COCc2cc(-c4cnc(C5CCCC5)[nH]4)ccc2-3)C1. The molecule has 0 radical (unpaired) electrons. The molecule has 1 N–H and O–H groups in total. The number of rotatable bonds is 4. The molecule has 2 fully saturated rings. The van der Waals surface area contributed by atoms with Crippen molar-refractivity contribution >= 4 is 17.4 Å². The van der Waals surface area contributed by atoms with Gasteiger partial charge in [0.25, 0.3) is 0 Å². The monoisotopic (exact) mass is 564 g/mol. The molecule has 1 aromatic heterocycles. The number of fused-ring (bicyclic) bond motifs is 3. The summed E-state index contributed by atoms with van der Waals surface area (Å²) >= 11 is 0. The van der Waals surface area contributed by atoms with Crippen molar-refractivity contribution in [1.82, 2.24) is 14.9 Å². The Kier molecular flexibility index (Phi) is 7.01. The minimum atomic E-state index is -0.507. The van der Waals surface area contributed by atoms with Crippen LogP contribution in [0, 0.1) is 0 Å². The summed E-state index contributed by atoms with van der Waals surface area (Å²) in [4.78, 5) is 27.8. The van der Waals surface area contributed by atoms with E-state index >= 15 is 0 Å². The molecular weight excluding hydrogens is 524 g/mol. The normalized spacial score (nSPS) is 20.6. The summed E-state index contributed by atoms with van der Waals surface area (Å²) in [5.41, 5.74) is 9.96. The van der Waals surface area contributed by atoms with Crippen LogP contribution in [0.15, 0.2) is 53.8 Å². The fourth-order valence-corrected chi connectivity index (χ4v) is 6.96. The Labute approximate surface area is 248 Å². The molecule has 7 rings (SSSR count). The number of H-pyrrole nitrogens is 1. The zero-order valence-corrected chi connectivity index (χ0v) is 24.9. The summed E-state index contributed by atoms with van der Waals surface area (Å²) in [6.07, 6.45) is 11.4. The molecule has 4 aliphatic rings. The van der Waals surface area contributed by atoms with Crippen LogP contribution in [-0.2, 0) is 22.7 Å². The highest BCUT2D eigenvalue weighted by Gasteiger charge is 2.36. The molecule has 1 saturated heterocycles. The van der Waals surface area contributed by atoms with Crippen LogP contribution in [0.3, 0.4) is 0 Å². The van der Waals surface area contributed by atoms with Gasteiger partial charge in [-0.25, -0.2) is 9.78 Å². The Morgan fingerprint density at radius 3 is 2.43 bits per heavy atom. The van der Waals surface area contributed by atoms with E-state index in [2.05, 4.69) is 41.4 Å². The number of aliphatic imine (C=N–C) groups is 1. The van der Waals surface area contributed by atoms with E-state index in [0.717, 1.165) is 47.6 Å². The maximum absolute atomic E-state index is 12.8. The van der Waals surface area contributed by atoms with E-state index in [-0.39, 0.29) is 12.1 Å². The van der Waals surface area contributed by atoms with Crippen molar-refractivity contribution in [2.45, 2.75) is 96.5 Å². The molecule has 42 heavy (non-hydrogen) atoms. The Morgan fingerprint density at radius 2 is 1.69 bits per heavy atom. The van der Waals surface area contributed by atoms with Crippen molar-refractivity contribution in [3.05, 3.63) is 71.3 Å². The van der Waals surface area contributed by atoms with E-state index in [0.29, 0.717) is 25.7 Å². The van der Waals surface area contributed by atoms with Crippen LogP contribution in [-0.4, -0.2) is 44.9 Å². The van der Waals surface area contributed by atoms with Gasteiger partial charge in [0, 0.05) is 30.8 Å². The largest absolute Gasteiger partial charge is 0.444 e. The number of hydrogen-bond donors (Lipinski definition) is 1. The highest BCUT2D eigenvalue weighted by Crippen LogP contribution is 2.38. The van der Waals surface area contributed by atoms with Gasteiger partial charge in [0.15, 0.2) is 0 Å². The number of amides is 1. The predicted octanol–water partition coefficient (Wildman–Crippen LogP) is 8.02. The second-order valence-electron chi connectivity index (χ2n) is 13.2. The molecule has 1 aliphatic carbocycles. The number of carbonyl (C=O) groups excluding carboxylic acids is 1. The van der Waals surface area contributed by atoms with Gasteiger partial charge >= 0.3 is 6.09 Å². The molecule has 1 amide bonds. The Balaban J connectivity index is 1.07. The average Bonchev–Trinajstić information content (AvgIpc) is 3.77. The van der Waals surface area contributed by atoms with Gasteiger partial charge in [0.05, 0.1) is 31.1 Å². The summed E-state index contributed by atoms with van der Waals surface area (Å²) in [6.45, 7) is 7.59. The van der Waals surface area contributed by atoms with E-state index in [1.807, 2.05) is 38.1 Å². The lowest BCUT2D eigenvalue weighted by Gasteiger charge is -2.28. The number of aromatic nitrogens is 2. The molecule has 1 atom stereocenters. The van der Waals surface area contributed by atoms with Gasteiger partial charge in [-0.15, -0.1) is 0 Å². The number of aromatic amines is 1. The van der Waals surface area contributed by atoms with Crippen molar-refractivity contribution in [2.75, 3.05) is 6.54 Å². The number of likely N-dealkylation sites (tertiary alicyclic amines) is 1. The first-order valence-electron chi connectivity index (χ1n) is 15.5. The number of ether oxygens (including phenoxy) is 2. The van der Waals surface area contributed by atoms with Crippen LogP contribution >= 0.6 is 0 Å². The number of hydrogen-bond acceptors (Lipinski definition) is 5. The predicted molar refractivity (Wildman–Crippen MR) is 165 cm³/mol. The molecule has 2 aromatic carbocycles. The number of benzene rings is 2. The summed E-state index contributed by atoms with van der Waals surface area (Å²) in [6, 6.07) is 13.4. The van der Waals surface area contributed by atoms with E-state index in [1.54, 1.807) is 0 Å². The van der Waals surface area contributed by atoms with Crippen molar-refractivity contribution in [3.8, 4) is 22.4 Å². The summed E-state index contributed by atoms with van der Waals surface area (Å²) in [7, 11) is 0. The minimum Gasteiger partial charge on any atom is -0.444 e. The Bertz CT molecular complexity index is 1570. The molecule has 0 unspecified atom stereocenters. The first-order chi connectivity index (χ1) is 20.3. The number of imidazole rings is 1. The standard InChI is InChI=1S/C35H40N4O3/c1-35(2,3)42-34(40)39-14-6-9-32(39)30-17-25(18-36-30)23-10-12-28-26(15-23)20-41-21-27-16-24(11-13-29(27)28)31-19-37-33(38-31)22-7-4-5-8-22/h10-13,15-16,18-19,22,32H,4-9,14,17,20-21H2,1-3H3,(H,37,38)/t32-/m0/s1. The maximum atomic E-state index is 12.8. The zero-order valence-electron chi connectivity index (χ0n) is 24.9. The topological polar surface area (TPSA) is 79.8 Å². The van der Waals surface area contributed by atoms with Crippen molar-refractivity contribution in [2.24, 2.45) is 4.99 Å². The average molecular weight is 565 g/mol. The molecule has 218 valence electrons. The molecule has 3 aromatic rings. The van der Waals surface area contributed by atoms with Gasteiger partial charge in [-0.1, -0.05) is 37.1 Å². The fraction of sp³-hybridized carbons (Fsp3) is 0.457. The number of carbonyl (C=O) groups is 1. The first-order valence-corrected chi connectivity index (χ1v) is 15.5. The van der Waals surface area contributed by atoms with Crippen LogP contribution in [0.5, 0.6) is 0 Å². The second-order valence-corrected chi connectivity index (χ2v) is 13.2.